The smallest absolute Gasteiger partial charge is 0.220 e. The van der Waals surface area contributed by atoms with Gasteiger partial charge in [-0.3, -0.25) is 0 Å². The largest absolute Gasteiger partial charge is 0.309 e. The van der Waals surface area contributed by atoms with E-state index in [1.807, 2.05) is 0 Å². The minimum Gasteiger partial charge on any atom is -0.309 e. The van der Waals surface area contributed by atoms with Crippen molar-refractivity contribution in [3.8, 4) is 16.9 Å². The summed E-state index contributed by atoms with van der Waals surface area (Å²) >= 11 is 0. The van der Waals surface area contributed by atoms with E-state index in [1.165, 1.54) is 76.6 Å². The van der Waals surface area contributed by atoms with Gasteiger partial charge in [0.15, 0.2) is 6.20 Å². The molecule has 0 bridgehead atoms. The number of pyridine rings is 1. The van der Waals surface area contributed by atoms with Gasteiger partial charge in [-0.1, -0.05) is 84.9 Å². The van der Waals surface area contributed by atoms with E-state index in [0.717, 1.165) is 0 Å². The van der Waals surface area contributed by atoms with Crippen LogP contribution in [0.2, 0.25) is 0 Å². The zero-order valence-electron chi connectivity index (χ0n) is 22.0. The fraction of sp³-hybridized carbons (Fsp3) is 0.0541. The minimum absolute atomic E-state index is 1.21. The van der Waals surface area contributed by atoms with E-state index in [1.54, 1.807) is 0 Å². The van der Waals surface area contributed by atoms with Crippen LogP contribution in [0.1, 0.15) is 5.56 Å². The highest BCUT2D eigenvalue weighted by molar-refractivity contribution is 6.15. The van der Waals surface area contributed by atoms with Gasteiger partial charge in [0.1, 0.15) is 7.05 Å². The lowest BCUT2D eigenvalue weighted by Gasteiger charge is -2.14. The van der Waals surface area contributed by atoms with Gasteiger partial charge in [-0.15, -0.1) is 0 Å². The van der Waals surface area contributed by atoms with Crippen LogP contribution in [0.4, 0.5) is 0 Å². The lowest BCUT2D eigenvalue weighted by molar-refractivity contribution is -0.659. The minimum atomic E-state index is 1.21. The van der Waals surface area contributed by atoms with Gasteiger partial charge in [0.2, 0.25) is 5.69 Å². The molecule has 0 aliphatic rings. The Kier molecular flexibility index (Phi) is 4.68. The molecular formula is C37H27N2+. The number of benzene rings is 6. The predicted molar refractivity (Wildman–Crippen MR) is 165 cm³/mol. The van der Waals surface area contributed by atoms with E-state index < -0.39 is 0 Å². The summed E-state index contributed by atoms with van der Waals surface area (Å²) in [5.41, 5.74) is 7.52. The van der Waals surface area contributed by atoms with Crippen LogP contribution in [0.15, 0.2) is 128 Å². The first kappa shape index (κ1) is 22.1. The highest BCUT2D eigenvalue weighted by atomic mass is 15.0. The summed E-state index contributed by atoms with van der Waals surface area (Å²) in [5, 5.41) is 10.2. The number of aryl methyl sites for hydroxylation is 2. The van der Waals surface area contributed by atoms with Gasteiger partial charge in [0.05, 0.1) is 27.7 Å². The highest BCUT2D eigenvalue weighted by Gasteiger charge is 2.21. The van der Waals surface area contributed by atoms with E-state index in [-0.39, 0.29) is 0 Å². The predicted octanol–water partition coefficient (Wildman–Crippen LogP) is 9.04. The van der Waals surface area contributed by atoms with Crippen LogP contribution in [0.3, 0.4) is 0 Å². The van der Waals surface area contributed by atoms with Crippen molar-refractivity contribution < 1.29 is 4.57 Å². The maximum absolute atomic E-state index is 2.43. The molecule has 2 heteroatoms. The van der Waals surface area contributed by atoms with Crippen LogP contribution in [0, 0.1) is 6.92 Å². The fourth-order valence-corrected chi connectivity index (χ4v) is 6.60. The first-order chi connectivity index (χ1) is 19.2. The molecule has 0 spiro atoms. The second-order valence-electron chi connectivity index (χ2n) is 10.5. The Morgan fingerprint density at radius 3 is 1.87 bits per heavy atom. The molecule has 39 heavy (non-hydrogen) atoms. The molecule has 0 radical (unpaired) electrons. The number of rotatable bonds is 2. The highest BCUT2D eigenvalue weighted by Crippen LogP contribution is 2.38. The van der Waals surface area contributed by atoms with Gasteiger partial charge in [-0.05, 0) is 59.0 Å². The van der Waals surface area contributed by atoms with Crippen molar-refractivity contribution in [2.45, 2.75) is 6.92 Å². The Morgan fingerprint density at radius 2 is 1.10 bits per heavy atom. The van der Waals surface area contributed by atoms with Crippen molar-refractivity contribution in [1.29, 1.82) is 0 Å². The molecule has 8 rings (SSSR count). The SMILES string of the molecule is Cc1c(-c2c3ccc4c(-n5c6ccccc6c6ccccc65)cccc4c3cc[n+]2C)ccc2ccccc12. The van der Waals surface area contributed by atoms with E-state index in [9.17, 15) is 0 Å². The second kappa shape index (κ2) is 8.28. The number of para-hydroxylation sites is 2. The molecule has 0 fully saturated rings. The zero-order valence-corrected chi connectivity index (χ0v) is 22.0. The van der Waals surface area contributed by atoms with Gasteiger partial charge in [0.25, 0.3) is 0 Å². The molecule has 0 unspecified atom stereocenters. The quantitative estimate of drug-likeness (QED) is 0.166. The van der Waals surface area contributed by atoms with E-state index in [0.29, 0.717) is 0 Å². The van der Waals surface area contributed by atoms with Crippen LogP contribution < -0.4 is 4.57 Å². The summed E-state index contributed by atoms with van der Waals surface area (Å²) in [6.07, 6.45) is 2.21. The number of nitrogens with zero attached hydrogens (tertiary/aromatic N) is 2. The van der Waals surface area contributed by atoms with Gasteiger partial charge in [-0.2, -0.15) is 0 Å². The molecule has 0 atom stereocenters. The van der Waals surface area contributed by atoms with Gasteiger partial charge >= 0.3 is 0 Å². The molecule has 0 N–H and O–H groups in total. The van der Waals surface area contributed by atoms with E-state index >= 15 is 0 Å². The molecule has 0 saturated carbocycles. The summed E-state index contributed by atoms with van der Waals surface area (Å²) in [4.78, 5) is 0. The van der Waals surface area contributed by atoms with E-state index in [4.69, 9.17) is 0 Å². The molecule has 6 aromatic carbocycles. The fourth-order valence-electron chi connectivity index (χ4n) is 6.60. The normalized spacial score (nSPS) is 11.8. The third-order valence-corrected chi connectivity index (χ3v) is 8.43. The molecule has 2 heterocycles. The van der Waals surface area contributed by atoms with Crippen molar-refractivity contribution >= 4 is 54.1 Å². The van der Waals surface area contributed by atoms with E-state index in [2.05, 4.69) is 151 Å². The Balaban J connectivity index is 1.44. The molecule has 2 aromatic heterocycles. The average Bonchev–Trinajstić information content (AvgIpc) is 3.32. The first-order valence-corrected chi connectivity index (χ1v) is 13.5. The maximum Gasteiger partial charge on any atom is 0.220 e. The van der Waals surface area contributed by atoms with Crippen LogP contribution in [-0.2, 0) is 7.05 Å². The second-order valence-corrected chi connectivity index (χ2v) is 10.5. The topological polar surface area (TPSA) is 8.81 Å². The van der Waals surface area contributed by atoms with Crippen LogP contribution >= 0.6 is 0 Å². The average molecular weight is 500 g/mol. The molecule has 0 aliphatic carbocycles. The Hall–Kier alpha value is -4.95. The summed E-state index contributed by atoms with van der Waals surface area (Å²) in [5.74, 6) is 0. The molecule has 2 nitrogen and oxygen atoms in total. The number of aromatic nitrogens is 2. The zero-order chi connectivity index (χ0) is 26.1. The molecule has 0 aliphatic heterocycles. The Morgan fingerprint density at radius 1 is 0.487 bits per heavy atom. The molecule has 8 aromatic rings. The monoisotopic (exact) mass is 499 g/mol. The van der Waals surface area contributed by atoms with Crippen LogP contribution in [-0.4, -0.2) is 4.57 Å². The Bertz CT molecular complexity index is 2200. The van der Waals surface area contributed by atoms with Crippen molar-refractivity contribution in [2.24, 2.45) is 7.05 Å². The van der Waals surface area contributed by atoms with Crippen molar-refractivity contribution in [3.05, 3.63) is 133 Å². The third kappa shape index (κ3) is 3.12. The summed E-state index contributed by atoms with van der Waals surface area (Å²) in [6, 6.07) is 44.3. The summed E-state index contributed by atoms with van der Waals surface area (Å²) < 4.78 is 4.69. The summed E-state index contributed by atoms with van der Waals surface area (Å²) in [6.45, 7) is 2.25. The van der Waals surface area contributed by atoms with Crippen LogP contribution in [0.25, 0.3) is 71.1 Å². The number of hydrogen-bond donors (Lipinski definition) is 0. The third-order valence-electron chi connectivity index (χ3n) is 8.43. The number of fused-ring (bicyclic) bond motifs is 7. The molecule has 0 saturated heterocycles. The van der Waals surface area contributed by atoms with Gasteiger partial charge < -0.3 is 4.57 Å². The van der Waals surface area contributed by atoms with Crippen molar-refractivity contribution in [1.82, 2.24) is 4.57 Å². The summed E-state index contributed by atoms with van der Waals surface area (Å²) in [7, 11) is 2.15. The molecule has 184 valence electrons. The Labute approximate surface area is 227 Å². The van der Waals surface area contributed by atoms with Crippen LogP contribution in [0.5, 0.6) is 0 Å². The van der Waals surface area contributed by atoms with Gasteiger partial charge in [0, 0.05) is 27.6 Å². The first-order valence-electron chi connectivity index (χ1n) is 13.5. The lowest BCUT2D eigenvalue weighted by atomic mass is 9.93. The standard InChI is InChI=1S/C37H27N2/c1-24-26-11-4-3-10-25(26)18-19-27(24)37-33-21-20-32-28(29(33)22-23-38(37)2)14-9-17-36(32)39-34-15-7-5-12-30(34)31-13-6-8-16-35(31)39/h3-23H,1-2H3/q+1. The number of hydrogen-bond acceptors (Lipinski definition) is 0. The molecule has 0 amide bonds. The van der Waals surface area contributed by atoms with Gasteiger partial charge in [-0.25, -0.2) is 4.57 Å². The van der Waals surface area contributed by atoms with Crippen molar-refractivity contribution in [2.75, 3.05) is 0 Å². The van der Waals surface area contributed by atoms with Crippen molar-refractivity contribution in [3.63, 3.8) is 0 Å². The maximum atomic E-state index is 2.43. The lowest BCUT2D eigenvalue weighted by Crippen LogP contribution is -2.30. The molecular weight excluding hydrogens is 472 g/mol.